The summed E-state index contributed by atoms with van der Waals surface area (Å²) < 4.78 is 13.7. The van der Waals surface area contributed by atoms with Gasteiger partial charge in [-0.25, -0.2) is 4.39 Å². The molecule has 0 aliphatic carbocycles. The first-order valence-corrected chi connectivity index (χ1v) is 5.00. The molecule has 0 radical (unpaired) electrons. The molecule has 0 atom stereocenters. The Morgan fingerprint density at radius 3 is 2.71 bits per heavy atom. The van der Waals surface area contributed by atoms with Gasteiger partial charge in [0.2, 0.25) is 0 Å². The molecule has 1 saturated heterocycles. The number of benzene rings is 1. The second-order valence-corrected chi connectivity index (χ2v) is 3.65. The Morgan fingerprint density at radius 2 is 2.00 bits per heavy atom. The predicted octanol–water partition coefficient (Wildman–Crippen LogP) is 1.54. The Bertz CT molecular complexity index is 319. The number of piperazine rings is 1. The number of nitrogens with one attached hydrogen (secondary N) is 1. The Balaban J connectivity index is 2.26. The van der Waals surface area contributed by atoms with Gasteiger partial charge in [0.25, 0.3) is 0 Å². The van der Waals surface area contributed by atoms with Gasteiger partial charge in [0.15, 0.2) is 0 Å². The zero-order chi connectivity index (χ0) is 9.97. The molecule has 0 unspecified atom stereocenters. The van der Waals surface area contributed by atoms with Crippen LogP contribution in [0.25, 0.3) is 0 Å². The molecule has 1 aliphatic rings. The molecule has 1 fully saturated rings. The van der Waals surface area contributed by atoms with Crippen LogP contribution in [0, 0.1) is 12.7 Å². The van der Waals surface area contributed by atoms with E-state index in [0.717, 1.165) is 37.4 Å². The minimum absolute atomic E-state index is 0.0746. The molecule has 0 spiro atoms. The Morgan fingerprint density at radius 1 is 1.29 bits per heavy atom. The summed E-state index contributed by atoms with van der Waals surface area (Å²) in [6.45, 7) is 5.46. The van der Waals surface area contributed by atoms with Crippen LogP contribution in [0.5, 0.6) is 0 Å². The summed E-state index contributed by atoms with van der Waals surface area (Å²) in [7, 11) is 0. The first-order chi connectivity index (χ1) is 6.79. The highest BCUT2D eigenvalue weighted by atomic mass is 19.1. The number of anilines is 1. The van der Waals surface area contributed by atoms with E-state index in [9.17, 15) is 4.39 Å². The summed E-state index contributed by atoms with van der Waals surface area (Å²) >= 11 is 0. The molecule has 2 nitrogen and oxygen atoms in total. The van der Waals surface area contributed by atoms with Crippen molar-refractivity contribution in [1.82, 2.24) is 5.32 Å². The number of nitrogens with zero attached hydrogens (tertiary/aromatic N) is 1. The normalized spacial score (nSPS) is 17.1. The van der Waals surface area contributed by atoms with E-state index in [2.05, 4.69) is 10.2 Å². The Kier molecular flexibility index (Phi) is 2.68. The molecule has 1 aliphatic heterocycles. The molecule has 0 aromatic heterocycles. The van der Waals surface area contributed by atoms with Crippen molar-refractivity contribution in [2.75, 3.05) is 31.1 Å². The largest absolute Gasteiger partial charge is 0.367 e. The van der Waals surface area contributed by atoms with Gasteiger partial charge < -0.3 is 10.2 Å². The van der Waals surface area contributed by atoms with Gasteiger partial charge in [-0.05, 0) is 18.6 Å². The maximum absolute atomic E-state index is 13.7. The van der Waals surface area contributed by atoms with Crippen LogP contribution < -0.4 is 10.2 Å². The van der Waals surface area contributed by atoms with E-state index in [-0.39, 0.29) is 5.82 Å². The lowest BCUT2D eigenvalue weighted by molar-refractivity contribution is 0.563. The molecule has 1 aromatic rings. The second kappa shape index (κ2) is 3.96. The van der Waals surface area contributed by atoms with E-state index < -0.39 is 0 Å². The highest BCUT2D eigenvalue weighted by molar-refractivity contribution is 5.50. The molecule has 0 saturated carbocycles. The van der Waals surface area contributed by atoms with E-state index in [1.54, 1.807) is 13.0 Å². The Hall–Kier alpha value is -1.09. The van der Waals surface area contributed by atoms with E-state index in [1.807, 2.05) is 12.1 Å². The topological polar surface area (TPSA) is 15.3 Å². The monoisotopic (exact) mass is 194 g/mol. The van der Waals surface area contributed by atoms with Crippen molar-refractivity contribution >= 4 is 5.69 Å². The molecule has 14 heavy (non-hydrogen) atoms. The first-order valence-electron chi connectivity index (χ1n) is 5.00. The number of halogens is 1. The standard InChI is InChI=1S/C11H15FN2/c1-9-3-2-4-10(11(9)12)14-7-5-13-6-8-14/h2-4,13H,5-8H2,1H3. The summed E-state index contributed by atoms with van der Waals surface area (Å²) in [5, 5.41) is 3.25. The molecular weight excluding hydrogens is 179 g/mol. The highest BCUT2D eigenvalue weighted by Crippen LogP contribution is 2.21. The van der Waals surface area contributed by atoms with Crippen molar-refractivity contribution in [1.29, 1.82) is 0 Å². The van der Waals surface area contributed by atoms with Crippen LogP contribution in [0.3, 0.4) is 0 Å². The van der Waals surface area contributed by atoms with Crippen molar-refractivity contribution < 1.29 is 4.39 Å². The van der Waals surface area contributed by atoms with E-state index in [0.29, 0.717) is 0 Å². The molecule has 2 rings (SSSR count). The smallest absolute Gasteiger partial charge is 0.149 e. The van der Waals surface area contributed by atoms with Crippen LogP contribution in [0.4, 0.5) is 10.1 Å². The first kappa shape index (κ1) is 9.46. The molecule has 1 heterocycles. The maximum atomic E-state index is 13.7. The fourth-order valence-electron chi connectivity index (χ4n) is 1.78. The molecular formula is C11H15FN2. The SMILES string of the molecule is Cc1cccc(N2CCNCC2)c1F. The van der Waals surface area contributed by atoms with Crippen LogP contribution in [0.2, 0.25) is 0 Å². The summed E-state index contributed by atoms with van der Waals surface area (Å²) in [6.07, 6.45) is 0. The lowest BCUT2D eigenvalue weighted by Crippen LogP contribution is -2.43. The highest BCUT2D eigenvalue weighted by Gasteiger charge is 2.14. The Labute approximate surface area is 83.7 Å². The molecule has 0 bridgehead atoms. The van der Waals surface area contributed by atoms with Crippen molar-refractivity contribution in [3.63, 3.8) is 0 Å². The summed E-state index contributed by atoms with van der Waals surface area (Å²) in [5.41, 5.74) is 1.47. The third kappa shape index (κ3) is 1.73. The van der Waals surface area contributed by atoms with Crippen molar-refractivity contribution in [2.24, 2.45) is 0 Å². The fraction of sp³-hybridized carbons (Fsp3) is 0.455. The van der Waals surface area contributed by atoms with Crippen LogP contribution in [-0.4, -0.2) is 26.2 Å². The molecule has 3 heteroatoms. The van der Waals surface area contributed by atoms with E-state index in [1.165, 1.54) is 0 Å². The van der Waals surface area contributed by atoms with Crippen LogP contribution in [0.1, 0.15) is 5.56 Å². The molecule has 0 amide bonds. The van der Waals surface area contributed by atoms with E-state index >= 15 is 0 Å². The van der Waals surface area contributed by atoms with Gasteiger partial charge in [-0.15, -0.1) is 0 Å². The quantitative estimate of drug-likeness (QED) is 0.729. The summed E-state index contributed by atoms with van der Waals surface area (Å²) in [4.78, 5) is 2.10. The van der Waals surface area contributed by atoms with Gasteiger partial charge in [0, 0.05) is 26.2 Å². The van der Waals surface area contributed by atoms with Gasteiger partial charge in [0.05, 0.1) is 5.69 Å². The minimum atomic E-state index is -0.0746. The average molecular weight is 194 g/mol. The number of aryl methyl sites for hydroxylation is 1. The lowest BCUT2D eigenvalue weighted by Gasteiger charge is -2.29. The predicted molar refractivity (Wildman–Crippen MR) is 56.2 cm³/mol. The number of rotatable bonds is 1. The second-order valence-electron chi connectivity index (χ2n) is 3.65. The van der Waals surface area contributed by atoms with Gasteiger partial charge in [0.1, 0.15) is 5.82 Å². The summed E-state index contributed by atoms with van der Waals surface area (Å²) in [6, 6.07) is 5.57. The van der Waals surface area contributed by atoms with Crippen LogP contribution in [-0.2, 0) is 0 Å². The van der Waals surface area contributed by atoms with Crippen LogP contribution >= 0.6 is 0 Å². The molecule has 76 valence electrons. The van der Waals surface area contributed by atoms with Gasteiger partial charge in [-0.1, -0.05) is 12.1 Å². The zero-order valence-corrected chi connectivity index (χ0v) is 8.39. The molecule has 1 N–H and O–H groups in total. The summed E-state index contributed by atoms with van der Waals surface area (Å²) in [5.74, 6) is -0.0746. The van der Waals surface area contributed by atoms with E-state index in [4.69, 9.17) is 0 Å². The van der Waals surface area contributed by atoms with Gasteiger partial charge in [-0.2, -0.15) is 0 Å². The van der Waals surface area contributed by atoms with Gasteiger partial charge >= 0.3 is 0 Å². The lowest BCUT2D eigenvalue weighted by atomic mass is 10.2. The van der Waals surface area contributed by atoms with Gasteiger partial charge in [-0.3, -0.25) is 0 Å². The van der Waals surface area contributed by atoms with Crippen LogP contribution in [0.15, 0.2) is 18.2 Å². The minimum Gasteiger partial charge on any atom is -0.367 e. The fourth-order valence-corrected chi connectivity index (χ4v) is 1.78. The number of hydrogen-bond donors (Lipinski definition) is 1. The van der Waals surface area contributed by atoms with Crippen molar-refractivity contribution in [2.45, 2.75) is 6.92 Å². The third-order valence-corrected chi connectivity index (χ3v) is 2.63. The zero-order valence-electron chi connectivity index (χ0n) is 8.39. The maximum Gasteiger partial charge on any atom is 0.149 e. The number of hydrogen-bond acceptors (Lipinski definition) is 2. The third-order valence-electron chi connectivity index (χ3n) is 2.63. The van der Waals surface area contributed by atoms with Crippen molar-refractivity contribution in [3.05, 3.63) is 29.6 Å². The van der Waals surface area contributed by atoms with Crippen molar-refractivity contribution in [3.8, 4) is 0 Å². The molecule has 1 aromatic carbocycles. The average Bonchev–Trinajstić information content (AvgIpc) is 2.23.